The third kappa shape index (κ3) is 2.92. The minimum Gasteiger partial charge on any atom is -0.377 e. The zero-order valence-corrected chi connectivity index (χ0v) is 13.2. The first-order valence-corrected chi connectivity index (χ1v) is 8.38. The molecule has 0 spiro atoms. The fourth-order valence-corrected chi connectivity index (χ4v) is 3.68. The van der Waals surface area contributed by atoms with Crippen LogP contribution in [0.1, 0.15) is 0 Å². The van der Waals surface area contributed by atoms with Crippen molar-refractivity contribution >= 4 is 39.1 Å². The van der Waals surface area contributed by atoms with E-state index in [2.05, 4.69) is 17.4 Å². The lowest BCUT2D eigenvalue weighted by Crippen LogP contribution is -2.26. The number of hydrogen-bond donors (Lipinski definition) is 2. The molecule has 0 aliphatic rings. The van der Waals surface area contributed by atoms with Gasteiger partial charge in [0.15, 0.2) is 0 Å². The van der Waals surface area contributed by atoms with Crippen LogP contribution in [0.3, 0.4) is 0 Å². The second kappa shape index (κ2) is 6.03. The Morgan fingerprint density at radius 2 is 1.80 bits per heavy atom. The molecule has 0 unspecified atom stereocenters. The fraction of sp³-hybridized carbons (Fsp3) is 0.286. The maximum absolute atomic E-state index is 12.4. The van der Waals surface area contributed by atoms with E-state index in [1.807, 2.05) is 43.3 Å². The maximum atomic E-state index is 12.4. The van der Waals surface area contributed by atoms with Gasteiger partial charge in [0.25, 0.3) is 0 Å². The van der Waals surface area contributed by atoms with Crippen molar-refractivity contribution in [3.05, 3.63) is 36.4 Å². The van der Waals surface area contributed by atoms with Gasteiger partial charge in [-0.1, -0.05) is 24.3 Å². The van der Waals surface area contributed by atoms with Crippen LogP contribution in [0.5, 0.6) is 0 Å². The van der Waals surface area contributed by atoms with E-state index < -0.39 is 10.0 Å². The molecular formula is C14H18N2O2S2. The first-order chi connectivity index (χ1) is 9.47. The summed E-state index contributed by atoms with van der Waals surface area (Å²) in [6, 6.07) is 11.1. The van der Waals surface area contributed by atoms with Crippen LogP contribution in [0.2, 0.25) is 0 Å². The van der Waals surface area contributed by atoms with Gasteiger partial charge in [0.1, 0.15) is 0 Å². The van der Waals surface area contributed by atoms with Crippen LogP contribution in [0.4, 0.5) is 5.69 Å². The van der Waals surface area contributed by atoms with Crippen LogP contribution < -0.4 is 9.62 Å². The zero-order chi connectivity index (χ0) is 14.8. The summed E-state index contributed by atoms with van der Waals surface area (Å²) in [5, 5.41) is 1.65. The molecule has 108 valence electrons. The Labute approximate surface area is 125 Å². The molecule has 0 saturated carbocycles. The predicted octanol–water partition coefficient (Wildman–Crippen LogP) is 2.11. The second-order valence-electron chi connectivity index (χ2n) is 4.65. The van der Waals surface area contributed by atoms with E-state index in [-0.39, 0.29) is 0 Å². The second-order valence-corrected chi connectivity index (χ2v) is 6.83. The Morgan fingerprint density at radius 3 is 2.40 bits per heavy atom. The van der Waals surface area contributed by atoms with Crippen molar-refractivity contribution in [2.75, 3.05) is 31.3 Å². The molecule has 2 aromatic carbocycles. The lowest BCUT2D eigenvalue weighted by molar-refractivity contribution is 0.585. The average molecular weight is 310 g/mol. The molecule has 0 aliphatic carbocycles. The number of anilines is 1. The Morgan fingerprint density at radius 1 is 1.15 bits per heavy atom. The number of sulfonamides is 1. The van der Waals surface area contributed by atoms with Gasteiger partial charge in [-0.15, -0.1) is 0 Å². The number of benzene rings is 2. The number of hydrogen-bond acceptors (Lipinski definition) is 4. The summed E-state index contributed by atoms with van der Waals surface area (Å²) in [6.07, 6.45) is 0. The minimum absolute atomic E-state index is 0.307. The van der Waals surface area contributed by atoms with Gasteiger partial charge >= 0.3 is 0 Å². The van der Waals surface area contributed by atoms with Gasteiger partial charge in [0.05, 0.1) is 4.90 Å². The molecule has 1 N–H and O–H groups in total. The van der Waals surface area contributed by atoms with E-state index in [1.54, 1.807) is 12.1 Å². The molecule has 0 atom stereocenters. The molecule has 0 aliphatic heterocycles. The standard InChI is InChI=1S/C14H18N2O2S2/c1-16(2)12-7-3-5-11-6-4-8-13(14(11)12)20(17,18)15-9-10-19/h3-8,15,19H,9-10H2,1-2H3. The van der Waals surface area contributed by atoms with E-state index in [0.717, 1.165) is 16.5 Å². The van der Waals surface area contributed by atoms with Crippen LogP contribution in [0.25, 0.3) is 10.8 Å². The van der Waals surface area contributed by atoms with E-state index in [4.69, 9.17) is 0 Å². The van der Waals surface area contributed by atoms with Crippen molar-refractivity contribution in [3.63, 3.8) is 0 Å². The van der Waals surface area contributed by atoms with Crippen LogP contribution in [-0.4, -0.2) is 34.8 Å². The fourth-order valence-electron chi connectivity index (χ4n) is 2.14. The molecule has 2 rings (SSSR count). The minimum atomic E-state index is -3.53. The van der Waals surface area contributed by atoms with Gasteiger partial charge in [-0.2, -0.15) is 12.6 Å². The molecule has 0 heterocycles. The molecular weight excluding hydrogens is 292 g/mol. The average Bonchev–Trinajstić information content (AvgIpc) is 2.43. The molecule has 0 bridgehead atoms. The van der Waals surface area contributed by atoms with Gasteiger partial charge in [-0.25, -0.2) is 13.1 Å². The summed E-state index contributed by atoms with van der Waals surface area (Å²) < 4.78 is 27.4. The number of thiol groups is 1. The van der Waals surface area contributed by atoms with Crippen molar-refractivity contribution in [2.45, 2.75) is 4.90 Å². The highest BCUT2D eigenvalue weighted by atomic mass is 32.2. The summed E-state index contributed by atoms with van der Waals surface area (Å²) in [4.78, 5) is 2.22. The topological polar surface area (TPSA) is 49.4 Å². The van der Waals surface area contributed by atoms with E-state index in [1.165, 1.54) is 0 Å². The molecule has 0 radical (unpaired) electrons. The van der Waals surface area contributed by atoms with Crippen LogP contribution >= 0.6 is 12.6 Å². The number of nitrogens with one attached hydrogen (secondary N) is 1. The lowest BCUT2D eigenvalue weighted by atomic mass is 10.1. The maximum Gasteiger partial charge on any atom is 0.241 e. The van der Waals surface area contributed by atoms with Crippen LogP contribution in [0.15, 0.2) is 41.3 Å². The normalized spacial score (nSPS) is 11.8. The van der Waals surface area contributed by atoms with E-state index >= 15 is 0 Å². The lowest BCUT2D eigenvalue weighted by Gasteiger charge is -2.18. The number of nitrogens with zero attached hydrogens (tertiary/aromatic N) is 1. The molecule has 6 heteroatoms. The number of rotatable bonds is 5. The third-order valence-corrected chi connectivity index (χ3v) is 4.75. The summed E-state index contributed by atoms with van der Waals surface area (Å²) in [5.74, 6) is 0.463. The Bertz CT molecular complexity index is 707. The van der Waals surface area contributed by atoms with Gasteiger partial charge in [-0.05, 0) is 17.5 Å². The monoisotopic (exact) mass is 310 g/mol. The summed E-state index contributed by atoms with van der Waals surface area (Å²) in [7, 11) is 0.274. The van der Waals surface area contributed by atoms with E-state index in [9.17, 15) is 8.42 Å². The van der Waals surface area contributed by atoms with Gasteiger partial charge in [0.2, 0.25) is 10.0 Å². The molecule has 0 saturated heterocycles. The Kier molecular flexibility index (Phi) is 4.57. The Balaban J connectivity index is 2.71. The molecule has 0 fully saturated rings. The highest BCUT2D eigenvalue weighted by Gasteiger charge is 2.19. The molecule has 20 heavy (non-hydrogen) atoms. The SMILES string of the molecule is CN(C)c1cccc2cccc(S(=O)(=O)NCCS)c12. The summed E-state index contributed by atoms with van der Waals surface area (Å²) >= 11 is 4.04. The van der Waals surface area contributed by atoms with Gasteiger partial charge < -0.3 is 4.90 Å². The summed E-state index contributed by atoms with van der Waals surface area (Å²) in [5.41, 5.74) is 0.884. The first-order valence-electron chi connectivity index (χ1n) is 6.27. The van der Waals surface area contributed by atoms with Gasteiger partial charge in [-0.3, -0.25) is 0 Å². The molecule has 0 aromatic heterocycles. The van der Waals surface area contributed by atoms with Crippen molar-refractivity contribution in [1.29, 1.82) is 0 Å². The van der Waals surface area contributed by atoms with Crippen LogP contribution in [-0.2, 0) is 10.0 Å². The largest absolute Gasteiger partial charge is 0.377 e. The Hall–Kier alpha value is -1.24. The predicted molar refractivity (Wildman–Crippen MR) is 87.3 cm³/mol. The quantitative estimate of drug-likeness (QED) is 0.832. The first kappa shape index (κ1) is 15.2. The zero-order valence-electron chi connectivity index (χ0n) is 11.5. The number of fused-ring (bicyclic) bond motifs is 1. The van der Waals surface area contributed by atoms with Crippen molar-refractivity contribution in [2.24, 2.45) is 0 Å². The van der Waals surface area contributed by atoms with E-state index in [0.29, 0.717) is 17.2 Å². The molecule has 0 amide bonds. The van der Waals surface area contributed by atoms with Crippen LogP contribution in [0, 0.1) is 0 Å². The summed E-state index contributed by atoms with van der Waals surface area (Å²) in [6.45, 7) is 0.311. The van der Waals surface area contributed by atoms with Gasteiger partial charge in [0, 0.05) is 37.5 Å². The highest BCUT2D eigenvalue weighted by Crippen LogP contribution is 2.31. The smallest absolute Gasteiger partial charge is 0.241 e. The molecule has 4 nitrogen and oxygen atoms in total. The third-order valence-electron chi connectivity index (χ3n) is 3.02. The van der Waals surface area contributed by atoms with Crippen molar-refractivity contribution < 1.29 is 8.42 Å². The molecule has 2 aromatic rings. The highest BCUT2D eigenvalue weighted by molar-refractivity contribution is 7.89. The van der Waals surface area contributed by atoms with Crippen molar-refractivity contribution in [1.82, 2.24) is 4.72 Å². The van der Waals surface area contributed by atoms with Crippen molar-refractivity contribution in [3.8, 4) is 0 Å².